The summed E-state index contributed by atoms with van der Waals surface area (Å²) in [6.07, 6.45) is 3.63. The fourth-order valence-electron chi connectivity index (χ4n) is 3.53. The highest BCUT2D eigenvalue weighted by atomic mass is 35.5. The first kappa shape index (κ1) is 24.8. The van der Waals surface area contributed by atoms with Crippen LogP contribution in [0.5, 0.6) is 5.75 Å². The molecule has 180 valence electrons. The molecule has 0 saturated heterocycles. The Morgan fingerprint density at radius 2 is 1.89 bits per heavy atom. The molecule has 0 aliphatic heterocycles. The molecule has 0 spiro atoms. The molecular weight excluding hydrogens is 488 g/mol. The van der Waals surface area contributed by atoms with Crippen LogP contribution in [0.25, 0.3) is 16.9 Å². The first-order valence-electron chi connectivity index (χ1n) is 11.3. The van der Waals surface area contributed by atoms with E-state index in [9.17, 15) is 9.18 Å². The molecule has 1 heterocycles. The third-order valence-electron chi connectivity index (χ3n) is 5.39. The van der Waals surface area contributed by atoms with Crippen LogP contribution in [0.2, 0.25) is 10.0 Å². The maximum atomic E-state index is 14.8. The lowest BCUT2D eigenvalue weighted by atomic mass is 10.1. The van der Waals surface area contributed by atoms with Gasteiger partial charge in [-0.3, -0.25) is 4.79 Å². The average Bonchev–Trinajstić information content (AvgIpc) is 3.28. The van der Waals surface area contributed by atoms with Crippen molar-refractivity contribution in [2.75, 3.05) is 6.61 Å². The lowest BCUT2D eigenvalue weighted by Crippen LogP contribution is -2.23. The standard InChI is InChI=1S/C27H24Cl2FN3O2/c1-2-3-13-35-25-12-9-18(14-24(25)30)26-19(17-33(32-26)21-7-5-4-6-8-21)16-31-27(34)22-11-10-20(28)15-23(22)29/h4-12,14-15,17H,2-3,13,16H2,1H3,(H,31,34). The Balaban J connectivity index is 1.63. The molecule has 5 nitrogen and oxygen atoms in total. The van der Waals surface area contributed by atoms with Crippen molar-refractivity contribution in [3.63, 3.8) is 0 Å². The van der Waals surface area contributed by atoms with Crippen LogP contribution >= 0.6 is 23.2 Å². The molecule has 0 saturated carbocycles. The molecule has 1 amide bonds. The lowest BCUT2D eigenvalue weighted by Gasteiger charge is -2.09. The highest BCUT2D eigenvalue weighted by molar-refractivity contribution is 6.36. The van der Waals surface area contributed by atoms with Gasteiger partial charge in [0, 0.05) is 28.9 Å². The second kappa shape index (κ2) is 11.4. The predicted octanol–water partition coefficient (Wildman–Crippen LogP) is 7.09. The zero-order valence-corrected chi connectivity index (χ0v) is 20.6. The van der Waals surface area contributed by atoms with E-state index in [0.29, 0.717) is 34.0 Å². The summed E-state index contributed by atoms with van der Waals surface area (Å²) in [5, 5.41) is 8.27. The molecule has 0 aliphatic rings. The molecule has 35 heavy (non-hydrogen) atoms. The first-order valence-corrected chi connectivity index (χ1v) is 12.0. The van der Waals surface area contributed by atoms with Gasteiger partial charge in [-0.05, 0) is 55.0 Å². The van der Waals surface area contributed by atoms with E-state index in [-0.39, 0.29) is 23.2 Å². The Hall–Kier alpha value is -3.35. The predicted molar refractivity (Wildman–Crippen MR) is 137 cm³/mol. The summed E-state index contributed by atoms with van der Waals surface area (Å²) < 4.78 is 22.0. The number of unbranched alkanes of at least 4 members (excludes halogenated alkanes) is 1. The second-order valence-electron chi connectivity index (χ2n) is 7.94. The minimum Gasteiger partial charge on any atom is -0.491 e. The van der Waals surface area contributed by atoms with Crippen LogP contribution in [0, 0.1) is 5.82 Å². The zero-order chi connectivity index (χ0) is 24.8. The van der Waals surface area contributed by atoms with Gasteiger partial charge in [0.1, 0.15) is 0 Å². The normalized spacial score (nSPS) is 10.9. The monoisotopic (exact) mass is 511 g/mol. The van der Waals surface area contributed by atoms with Crippen LogP contribution in [0.1, 0.15) is 35.7 Å². The maximum absolute atomic E-state index is 14.8. The lowest BCUT2D eigenvalue weighted by molar-refractivity contribution is 0.0951. The number of carbonyl (C=O) groups excluding carboxylic acids is 1. The summed E-state index contributed by atoms with van der Waals surface area (Å²) in [6.45, 7) is 2.67. The van der Waals surface area contributed by atoms with Crippen molar-refractivity contribution in [3.8, 4) is 22.7 Å². The Bertz CT molecular complexity index is 1330. The molecule has 1 aromatic heterocycles. The van der Waals surface area contributed by atoms with Crippen molar-refractivity contribution >= 4 is 29.1 Å². The molecule has 0 radical (unpaired) electrons. The molecular formula is C27H24Cl2FN3O2. The molecule has 0 bridgehead atoms. The van der Waals surface area contributed by atoms with Crippen molar-refractivity contribution in [1.29, 1.82) is 0 Å². The molecule has 4 aromatic rings. The number of halogens is 3. The fraction of sp³-hybridized carbons (Fsp3) is 0.185. The number of amides is 1. The van der Waals surface area contributed by atoms with Gasteiger partial charge in [0.15, 0.2) is 11.6 Å². The van der Waals surface area contributed by atoms with Gasteiger partial charge < -0.3 is 10.1 Å². The summed E-state index contributed by atoms with van der Waals surface area (Å²) in [5.74, 6) is -0.608. The minimum absolute atomic E-state index is 0.163. The van der Waals surface area contributed by atoms with Gasteiger partial charge in [-0.2, -0.15) is 5.10 Å². The van der Waals surface area contributed by atoms with Crippen LogP contribution < -0.4 is 10.1 Å². The Labute approximate surface area is 213 Å². The average molecular weight is 512 g/mol. The van der Waals surface area contributed by atoms with Crippen LogP contribution in [-0.4, -0.2) is 22.3 Å². The summed E-state index contributed by atoms with van der Waals surface area (Å²) in [4.78, 5) is 12.8. The largest absolute Gasteiger partial charge is 0.491 e. The highest BCUT2D eigenvalue weighted by Gasteiger charge is 2.17. The van der Waals surface area contributed by atoms with Gasteiger partial charge in [0.05, 0.1) is 28.6 Å². The van der Waals surface area contributed by atoms with Gasteiger partial charge in [-0.25, -0.2) is 9.07 Å². The molecule has 3 aromatic carbocycles. The summed E-state index contributed by atoms with van der Waals surface area (Å²) >= 11 is 12.1. The first-order chi connectivity index (χ1) is 17.0. The van der Waals surface area contributed by atoms with Gasteiger partial charge in [0.2, 0.25) is 0 Å². The number of hydrogen-bond acceptors (Lipinski definition) is 3. The van der Waals surface area contributed by atoms with Crippen molar-refractivity contribution in [2.45, 2.75) is 26.3 Å². The Kier molecular flexibility index (Phi) is 8.06. The molecule has 4 rings (SSSR count). The zero-order valence-electron chi connectivity index (χ0n) is 19.1. The minimum atomic E-state index is -0.462. The quantitative estimate of drug-likeness (QED) is 0.244. The van der Waals surface area contributed by atoms with Crippen molar-refractivity contribution in [2.24, 2.45) is 0 Å². The maximum Gasteiger partial charge on any atom is 0.253 e. The molecule has 1 N–H and O–H groups in total. The number of hydrogen-bond donors (Lipinski definition) is 1. The molecule has 0 atom stereocenters. The Morgan fingerprint density at radius 1 is 1.09 bits per heavy atom. The summed E-state index contributed by atoms with van der Waals surface area (Å²) in [6, 6.07) is 19.0. The SMILES string of the molecule is CCCCOc1ccc(-c2nn(-c3ccccc3)cc2CNC(=O)c2ccc(Cl)cc2Cl)cc1F. The second-order valence-corrected chi connectivity index (χ2v) is 8.78. The fourth-order valence-corrected chi connectivity index (χ4v) is 4.03. The molecule has 0 fully saturated rings. The smallest absolute Gasteiger partial charge is 0.253 e. The van der Waals surface area contributed by atoms with Crippen molar-refractivity contribution < 1.29 is 13.9 Å². The van der Waals surface area contributed by atoms with Crippen molar-refractivity contribution in [1.82, 2.24) is 15.1 Å². The van der Waals surface area contributed by atoms with E-state index >= 15 is 0 Å². The number of rotatable bonds is 9. The number of carbonyl (C=O) groups is 1. The van der Waals surface area contributed by atoms with E-state index in [4.69, 9.17) is 33.0 Å². The van der Waals surface area contributed by atoms with Crippen LogP contribution in [0.4, 0.5) is 4.39 Å². The molecule has 8 heteroatoms. The number of benzene rings is 3. The summed E-state index contributed by atoms with van der Waals surface area (Å²) in [7, 11) is 0. The number of nitrogens with one attached hydrogen (secondary N) is 1. The van der Waals surface area contributed by atoms with E-state index in [0.717, 1.165) is 18.5 Å². The number of aromatic nitrogens is 2. The number of nitrogens with zero attached hydrogens (tertiary/aromatic N) is 2. The van der Waals surface area contributed by atoms with E-state index in [1.54, 1.807) is 28.9 Å². The number of ether oxygens (including phenoxy) is 1. The van der Waals surface area contributed by atoms with Crippen LogP contribution in [0.15, 0.2) is 72.9 Å². The topological polar surface area (TPSA) is 56.1 Å². The highest BCUT2D eigenvalue weighted by Crippen LogP contribution is 2.29. The van der Waals surface area contributed by atoms with Gasteiger partial charge in [0.25, 0.3) is 5.91 Å². The van der Waals surface area contributed by atoms with Gasteiger partial charge in [-0.15, -0.1) is 0 Å². The van der Waals surface area contributed by atoms with Gasteiger partial charge >= 0.3 is 0 Å². The third kappa shape index (κ3) is 6.02. The van der Waals surface area contributed by atoms with Crippen LogP contribution in [-0.2, 0) is 6.54 Å². The molecule has 0 aliphatic carbocycles. The van der Waals surface area contributed by atoms with E-state index in [1.807, 2.05) is 43.5 Å². The molecule has 0 unspecified atom stereocenters. The van der Waals surface area contributed by atoms with Gasteiger partial charge in [-0.1, -0.05) is 54.7 Å². The van der Waals surface area contributed by atoms with E-state index < -0.39 is 5.82 Å². The summed E-state index contributed by atoms with van der Waals surface area (Å²) in [5.41, 5.74) is 3.00. The van der Waals surface area contributed by atoms with Crippen LogP contribution in [0.3, 0.4) is 0 Å². The van der Waals surface area contributed by atoms with Crippen molar-refractivity contribution in [3.05, 3.63) is 99.9 Å². The Morgan fingerprint density at radius 3 is 2.60 bits per heavy atom. The van der Waals surface area contributed by atoms with E-state index in [2.05, 4.69) is 5.32 Å². The van der Waals surface area contributed by atoms with E-state index in [1.165, 1.54) is 12.1 Å². The number of para-hydroxylation sites is 1. The third-order valence-corrected chi connectivity index (χ3v) is 5.93.